The van der Waals surface area contributed by atoms with Crippen LogP contribution in [0.5, 0.6) is 0 Å². The summed E-state index contributed by atoms with van der Waals surface area (Å²) in [5, 5.41) is 5.96. The van der Waals surface area contributed by atoms with E-state index in [1.807, 2.05) is 66.7 Å². The number of para-hydroxylation sites is 2. The maximum atomic E-state index is 6.08. The van der Waals surface area contributed by atoms with E-state index in [1.54, 1.807) is 0 Å². The van der Waals surface area contributed by atoms with E-state index in [1.165, 1.54) is 0 Å². The van der Waals surface area contributed by atoms with Crippen LogP contribution in [0.2, 0.25) is 5.02 Å². The van der Waals surface area contributed by atoms with Crippen LogP contribution in [-0.2, 0) is 0 Å². The maximum Gasteiger partial charge on any atom is 0.0854 e. The summed E-state index contributed by atoms with van der Waals surface area (Å²) >= 11 is 6.08. The van der Waals surface area contributed by atoms with Crippen molar-refractivity contribution in [2.75, 3.05) is 24.5 Å². The lowest BCUT2D eigenvalue weighted by Gasteiger charge is -2.21. The maximum absolute atomic E-state index is 6.08. The highest BCUT2D eigenvalue weighted by molar-refractivity contribution is 6.33. The SMILES string of the molecule is CN(CNc1ccccc1)Nc1ccccc1Cl. The van der Waals surface area contributed by atoms with E-state index in [0.29, 0.717) is 11.7 Å². The quantitative estimate of drug-likeness (QED) is 0.635. The summed E-state index contributed by atoms with van der Waals surface area (Å²) in [4.78, 5) is 0. The monoisotopic (exact) mass is 261 g/mol. The molecular weight excluding hydrogens is 246 g/mol. The molecule has 0 bridgehead atoms. The molecule has 0 aliphatic heterocycles. The molecule has 0 aliphatic carbocycles. The molecular formula is C14H16ClN3. The first-order valence-corrected chi connectivity index (χ1v) is 6.15. The highest BCUT2D eigenvalue weighted by Gasteiger charge is 2.01. The first kappa shape index (κ1) is 12.7. The summed E-state index contributed by atoms with van der Waals surface area (Å²) in [7, 11) is 1.96. The molecule has 0 heterocycles. The largest absolute Gasteiger partial charge is 0.371 e. The van der Waals surface area contributed by atoms with Gasteiger partial charge < -0.3 is 10.7 Å². The molecule has 0 radical (unpaired) electrons. The van der Waals surface area contributed by atoms with Gasteiger partial charge in [0.2, 0.25) is 0 Å². The molecule has 0 saturated carbocycles. The van der Waals surface area contributed by atoms with Crippen molar-refractivity contribution in [2.45, 2.75) is 0 Å². The minimum atomic E-state index is 0.676. The highest BCUT2D eigenvalue weighted by Crippen LogP contribution is 2.20. The van der Waals surface area contributed by atoms with Crippen LogP contribution < -0.4 is 10.7 Å². The predicted molar refractivity (Wildman–Crippen MR) is 77.8 cm³/mol. The van der Waals surface area contributed by atoms with E-state index in [2.05, 4.69) is 10.7 Å². The van der Waals surface area contributed by atoms with Gasteiger partial charge >= 0.3 is 0 Å². The molecule has 2 rings (SSSR count). The molecule has 2 N–H and O–H groups in total. The lowest BCUT2D eigenvalue weighted by atomic mass is 10.3. The number of hydrogen-bond donors (Lipinski definition) is 2. The Bertz CT molecular complexity index is 487. The number of halogens is 1. The Morgan fingerprint density at radius 1 is 1.00 bits per heavy atom. The molecule has 0 fully saturated rings. The van der Waals surface area contributed by atoms with Crippen LogP contribution in [0, 0.1) is 0 Å². The van der Waals surface area contributed by atoms with Gasteiger partial charge in [0.15, 0.2) is 0 Å². The van der Waals surface area contributed by atoms with E-state index < -0.39 is 0 Å². The van der Waals surface area contributed by atoms with Crippen molar-refractivity contribution in [3.8, 4) is 0 Å². The zero-order valence-corrected chi connectivity index (χ0v) is 11.0. The van der Waals surface area contributed by atoms with Gasteiger partial charge in [-0.3, -0.25) is 0 Å². The zero-order chi connectivity index (χ0) is 12.8. The molecule has 0 aromatic heterocycles. The minimum Gasteiger partial charge on any atom is -0.371 e. The van der Waals surface area contributed by atoms with Crippen molar-refractivity contribution in [3.63, 3.8) is 0 Å². The molecule has 0 amide bonds. The first-order valence-electron chi connectivity index (χ1n) is 5.77. The summed E-state index contributed by atoms with van der Waals surface area (Å²) in [6.07, 6.45) is 0. The standard InChI is InChI=1S/C14H16ClN3/c1-18(11-16-12-7-3-2-4-8-12)17-14-10-6-5-9-13(14)15/h2-10,16-17H,11H2,1H3. The van der Waals surface area contributed by atoms with Gasteiger partial charge in [-0.15, -0.1) is 0 Å². The second-order valence-electron chi connectivity index (χ2n) is 3.99. The summed E-state index contributed by atoms with van der Waals surface area (Å²) in [6, 6.07) is 17.7. The molecule has 3 nitrogen and oxygen atoms in total. The third-order valence-corrected chi connectivity index (χ3v) is 2.81. The summed E-state index contributed by atoms with van der Waals surface area (Å²) in [6.45, 7) is 0.676. The number of hydrogen-bond acceptors (Lipinski definition) is 3. The molecule has 0 spiro atoms. The third kappa shape index (κ3) is 3.65. The number of rotatable bonds is 5. The fourth-order valence-electron chi connectivity index (χ4n) is 1.56. The summed E-state index contributed by atoms with van der Waals surface area (Å²) in [5.74, 6) is 0. The number of hydrazine groups is 1. The van der Waals surface area contributed by atoms with Crippen molar-refractivity contribution < 1.29 is 0 Å². The Kier molecular flexibility index (Phi) is 4.45. The van der Waals surface area contributed by atoms with Crippen molar-refractivity contribution in [3.05, 3.63) is 59.6 Å². The Hall–Kier alpha value is -1.71. The van der Waals surface area contributed by atoms with Crippen LogP contribution in [0.4, 0.5) is 11.4 Å². The second-order valence-corrected chi connectivity index (χ2v) is 4.40. The van der Waals surface area contributed by atoms with E-state index in [9.17, 15) is 0 Å². The molecule has 0 atom stereocenters. The molecule has 2 aromatic carbocycles. The van der Waals surface area contributed by atoms with Crippen molar-refractivity contribution >= 4 is 23.0 Å². The van der Waals surface area contributed by atoms with E-state index in [4.69, 9.17) is 11.6 Å². The number of nitrogens with one attached hydrogen (secondary N) is 2. The molecule has 0 aliphatic rings. The van der Waals surface area contributed by atoms with Gasteiger partial charge in [0.1, 0.15) is 0 Å². The van der Waals surface area contributed by atoms with Gasteiger partial charge in [-0.05, 0) is 24.3 Å². The van der Waals surface area contributed by atoms with E-state index in [0.717, 1.165) is 11.4 Å². The van der Waals surface area contributed by atoms with Crippen LogP contribution in [0.15, 0.2) is 54.6 Å². The van der Waals surface area contributed by atoms with Gasteiger partial charge in [0, 0.05) is 12.7 Å². The molecule has 0 saturated heterocycles. The molecule has 2 aromatic rings. The minimum absolute atomic E-state index is 0.676. The topological polar surface area (TPSA) is 27.3 Å². The third-order valence-electron chi connectivity index (χ3n) is 2.48. The lowest BCUT2D eigenvalue weighted by molar-refractivity contribution is 0.432. The molecule has 94 valence electrons. The van der Waals surface area contributed by atoms with Crippen LogP contribution >= 0.6 is 11.6 Å². The van der Waals surface area contributed by atoms with Crippen molar-refractivity contribution in [2.24, 2.45) is 0 Å². The van der Waals surface area contributed by atoms with Gasteiger partial charge in [0.25, 0.3) is 0 Å². The lowest BCUT2D eigenvalue weighted by Crippen LogP contribution is -2.30. The van der Waals surface area contributed by atoms with Gasteiger partial charge in [-0.1, -0.05) is 41.9 Å². The van der Waals surface area contributed by atoms with Crippen LogP contribution in [0.25, 0.3) is 0 Å². The Morgan fingerprint density at radius 2 is 1.67 bits per heavy atom. The molecule has 4 heteroatoms. The second kappa shape index (κ2) is 6.28. The predicted octanol–water partition coefficient (Wildman–Crippen LogP) is 3.67. The van der Waals surface area contributed by atoms with Crippen molar-refractivity contribution in [1.29, 1.82) is 0 Å². The average molecular weight is 262 g/mol. The number of nitrogens with zero attached hydrogens (tertiary/aromatic N) is 1. The van der Waals surface area contributed by atoms with E-state index >= 15 is 0 Å². The normalized spacial score (nSPS) is 10.4. The Morgan fingerprint density at radius 3 is 2.39 bits per heavy atom. The van der Waals surface area contributed by atoms with Gasteiger partial charge in [-0.2, -0.15) is 0 Å². The smallest absolute Gasteiger partial charge is 0.0854 e. The first-order chi connectivity index (χ1) is 8.75. The van der Waals surface area contributed by atoms with E-state index in [-0.39, 0.29) is 0 Å². The van der Waals surface area contributed by atoms with Gasteiger partial charge in [-0.25, -0.2) is 5.01 Å². The van der Waals surface area contributed by atoms with Crippen LogP contribution in [0.3, 0.4) is 0 Å². The fourth-order valence-corrected chi connectivity index (χ4v) is 1.74. The summed E-state index contributed by atoms with van der Waals surface area (Å²) in [5.41, 5.74) is 5.21. The molecule has 18 heavy (non-hydrogen) atoms. The number of anilines is 2. The summed E-state index contributed by atoms with van der Waals surface area (Å²) < 4.78 is 0. The fraction of sp³-hybridized carbons (Fsp3) is 0.143. The van der Waals surface area contributed by atoms with Crippen LogP contribution in [0.1, 0.15) is 0 Å². The highest BCUT2D eigenvalue weighted by atomic mass is 35.5. The Balaban J connectivity index is 1.86. The number of benzene rings is 2. The Labute approximate surface area is 112 Å². The van der Waals surface area contributed by atoms with Crippen LogP contribution in [-0.4, -0.2) is 18.7 Å². The average Bonchev–Trinajstić information content (AvgIpc) is 2.40. The molecule has 0 unspecified atom stereocenters. The zero-order valence-electron chi connectivity index (χ0n) is 10.2. The van der Waals surface area contributed by atoms with Gasteiger partial charge in [0.05, 0.1) is 17.4 Å². The van der Waals surface area contributed by atoms with Crippen molar-refractivity contribution in [1.82, 2.24) is 5.01 Å².